The van der Waals surface area contributed by atoms with Gasteiger partial charge in [-0.3, -0.25) is 4.79 Å². The molecule has 0 bridgehead atoms. The molecule has 0 atom stereocenters. The van der Waals surface area contributed by atoms with Gasteiger partial charge in [0, 0.05) is 0 Å². The van der Waals surface area contributed by atoms with Crippen LogP contribution in [-0.4, -0.2) is 12.5 Å². The molecule has 2 rings (SSSR count). The molecule has 116 valence electrons. The largest absolute Gasteiger partial charge is 0.416 e. The summed E-state index contributed by atoms with van der Waals surface area (Å²) < 4.78 is 51.9. The Hall–Kier alpha value is -2.41. The van der Waals surface area contributed by atoms with Crippen molar-refractivity contribution in [1.82, 2.24) is 0 Å². The molecule has 2 aromatic carbocycles. The summed E-state index contributed by atoms with van der Waals surface area (Å²) in [5.41, 5.74) is 4.72. The second-order valence-corrected chi connectivity index (χ2v) is 4.53. The van der Waals surface area contributed by atoms with Crippen LogP contribution in [0.5, 0.6) is 0 Å². The third-order valence-corrected chi connectivity index (χ3v) is 2.95. The van der Waals surface area contributed by atoms with Gasteiger partial charge in [-0.2, -0.15) is 13.2 Å². The summed E-state index contributed by atoms with van der Waals surface area (Å²) in [6, 6.07) is 8.33. The number of anilines is 1. The lowest BCUT2D eigenvalue weighted by Crippen LogP contribution is -2.22. The van der Waals surface area contributed by atoms with Crippen LogP contribution in [0.25, 0.3) is 11.1 Å². The number of nitrogens with two attached hydrogens (primary N) is 1. The number of carbonyl (C=O) groups is 1. The summed E-state index contributed by atoms with van der Waals surface area (Å²) in [5.74, 6) is -1.32. The zero-order chi connectivity index (χ0) is 16.3. The average molecular weight is 312 g/mol. The second-order valence-electron chi connectivity index (χ2n) is 4.53. The summed E-state index contributed by atoms with van der Waals surface area (Å²) in [6.07, 6.45) is -4.47. The number of carbonyl (C=O) groups excluding carboxylic acids is 1. The Morgan fingerprint density at radius 1 is 1.09 bits per heavy atom. The van der Waals surface area contributed by atoms with Crippen LogP contribution in [0.15, 0.2) is 42.5 Å². The number of benzene rings is 2. The van der Waals surface area contributed by atoms with Gasteiger partial charge < -0.3 is 11.1 Å². The quantitative estimate of drug-likeness (QED) is 0.853. The molecule has 0 aromatic heterocycles. The molecule has 0 radical (unpaired) electrons. The van der Waals surface area contributed by atoms with E-state index in [1.165, 1.54) is 24.3 Å². The van der Waals surface area contributed by atoms with E-state index in [0.29, 0.717) is 0 Å². The number of alkyl halides is 3. The van der Waals surface area contributed by atoms with E-state index >= 15 is 0 Å². The third-order valence-electron chi connectivity index (χ3n) is 2.95. The highest BCUT2D eigenvalue weighted by atomic mass is 19.4. The highest BCUT2D eigenvalue weighted by molar-refractivity contribution is 5.92. The maximum absolute atomic E-state index is 13.9. The van der Waals surface area contributed by atoms with E-state index < -0.39 is 23.5 Å². The molecular weight excluding hydrogens is 300 g/mol. The van der Waals surface area contributed by atoms with Crippen LogP contribution in [0.1, 0.15) is 5.56 Å². The monoisotopic (exact) mass is 312 g/mol. The number of rotatable bonds is 3. The van der Waals surface area contributed by atoms with E-state index in [0.717, 1.165) is 18.2 Å². The summed E-state index contributed by atoms with van der Waals surface area (Å²) >= 11 is 0. The average Bonchev–Trinajstić information content (AvgIpc) is 2.48. The van der Waals surface area contributed by atoms with Crippen LogP contribution in [0.2, 0.25) is 0 Å². The Morgan fingerprint density at radius 3 is 2.36 bits per heavy atom. The number of hydrogen-bond acceptors (Lipinski definition) is 2. The molecule has 7 heteroatoms. The highest BCUT2D eigenvalue weighted by Crippen LogP contribution is 2.32. The number of amides is 1. The standard InChI is InChI=1S/C15H12F4N2O/c16-12-7-10(4-5-13(12)21-14(22)8-20)9-2-1-3-11(6-9)15(17,18)19/h1-7H,8,20H2,(H,21,22). The third kappa shape index (κ3) is 3.62. The van der Waals surface area contributed by atoms with Crippen LogP contribution in [-0.2, 0) is 11.0 Å². The lowest BCUT2D eigenvalue weighted by atomic mass is 10.0. The molecule has 0 heterocycles. The molecule has 0 saturated heterocycles. The Bertz CT molecular complexity index is 698. The Kier molecular flexibility index (Phi) is 4.46. The second kappa shape index (κ2) is 6.15. The van der Waals surface area contributed by atoms with Gasteiger partial charge >= 0.3 is 6.18 Å². The van der Waals surface area contributed by atoms with Crippen molar-refractivity contribution in [2.24, 2.45) is 5.73 Å². The van der Waals surface area contributed by atoms with Crippen LogP contribution < -0.4 is 11.1 Å². The number of nitrogens with one attached hydrogen (secondary N) is 1. The topological polar surface area (TPSA) is 55.1 Å². The minimum Gasteiger partial charge on any atom is -0.322 e. The van der Waals surface area contributed by atoms with E-state index in [9.17, 15) is 22.4 Å². The first-order valence-electron chi connectivity index (χ1n) is 6.28. The van der Waals surface area contributed by atoms with Gasteiger partial charge in [0.15, 0.2) is 0 Å². The summed E-state index contributed by atoms with van der Waals surface area (Å²) in [6.45, 7) is -0.297. The maximum Gasteiger partial charge on any atom is 0.416 e. The smallest absolute Gasteiger partial charge is 0.322 e. The van der Waals surface area contributed by atoms with Crippen molar-refractivity contribution in [3.05, 3.63) is 53.8 Å². The van der Waals surface area contributed by atoms with Crippen molar-refractivity contribution in [3.63, 3.8) is 0 Å². The van der Waals surface area contributed by atoms with E-state index in [-0.39, 0.29) is 23.4 Å². The Labute approximate surface area is 123 Å². The molecule has 0 aliphatic rings. The van der Waals surface area contributed by atoms with E-state index in [1.54, 1.807) is 0 Å². The van der Waals surface area contributed by atoms with E-state index in [2.05, 4.69) is 5.32 Å². The fraction of sp³-hybridized carbons (Fsp3) is 0.133. The van der Waals surface area contributed by atoms with Gasteiger partial charge in [-0.15, -0.1) is 0 Å². The summed E-state index contributed by atoms with van der Waals surface area (Å²) in [7, 11) is 0. The van der Waals surface area contributed by atoms with Crippen molar-refractivity contribution < 1.29 is 22.4 Å². The van der Waals surface area contributed by atoms with Crippen molar-refractivity contribution in [2.45, 2.75) is 6.18 Å². The lowest BCUT2D eigenvalue weighted by molar-refractivity contribution is -0.137. The van der Waals surface area contributed by atoms with Crippen molar-refractivity contribution in [1.29, 1.82) is 0 Å². The molecule has 22 heavy (non-hydrogen) atoms. The molecule has 0 spiro atoms. The SMILES string of the molecule is NCC(=O)Nc1ccc(-c2cccc(C(F)(F)F)c2)cc1F. The minimum atomic E-state index is -4.47. The van der Waals surface area contributed by atoms with Crippen molar-refractivity contribution in [2.75, 3.05) is 11.9 Å². The van der Waals surface area contributed by atoms with Crippen LogP contribution in [0, 0.1) is 5.82 Å². The van der Waals surface area contributed by atoms with Crippen LogP contribution >= 0.6 is 0 Å². The fourth-order valence-corrected chi connectivity index (χ4v) is 1.87. The molecule has 0 aliphatic heterocycles. The molecule has 0 fully saturated rings. The van der Waals surface area contributed by atoms with Gasteiger partial charge in [0.2, 0.25) is 5.91 Å². The lowest BCUT2D eigenvalue weighted by Gasteiger charge is -2.10. The van der Waals surface area contributed by atoms with E-state index in [1.807, 2.05) is 0 Å². The molecule has 0 unspecified atom stereocenters. The molecule has 2 aromatic rings. The van der Waals surface area contributed by atoms with Crippen molar-refractivity contribution in [3.8, 4) is 11.1 Å². The summed E-state index contributed by atoms with van der Waals surface area (Å²) in [4.78, 5) is 11.1. The zero-order valence-electron chi connectivity index (χ0n) is 11.2. The summed E-state index contributed by atoms with van der Waals surface area (Å²) in [5, 5.41) is 2.26. The number of halogens is 4. The molecule has 3 nitrogen and oxygen atoms in total. The Morgan fingerprint density at radius 2 is 1.77 bits per heavy atom. The molecule has 0 saturated carbocycles. The van der Waals surface area contributed by atoms with Gasteiger partial charge in [-0.25, -0.2) is 4.39 Å². The highest BCUT2D eigenvalue weighted by Gasteiger charge is 2.30. The van der Waals surface area contributed by atoms with E-state index in [4.69, 9.17) is 5.73 Å². The van der Waals surface area contributed by atoms with Gasteiger partial charge in [-0.1, -0.05) is 18.2 Å². The predicted molar refractivity (Wildman–Crippen MR) is 74.5 cm³/mol. The van der Waals surface area contributed by atoms with Crippen molar-refractivity contribution >= 4 is 11.6 Å². The molecular formula is C15H12F4N2O. The fourth-order valence-electron chi connectivity index (χ4n) is 1.87. The van der Waals surface area contributed by atoms with Gasteiger partial charge in [0.25, 0.3) is 0 Å². The molecule has 0 aliphatic carbocycles. The molecule has 3 N–H and O–H groups in total. The van der Waals surface area contributed by atoms with Crippen LogP contribution in [0.4, 0.5) is 23.2 Å². The first-order chi connectivity index (χ1) is 10.3. The molecule has 1 amide bonds. The van der Waals surface area contributed by atoms with Crippen LogP contribution in [0.3, 0.4) is 0 Å². The van der Waals surface area contributed by atoms with Gasteiger partial charge in [-0.05, 0) is 35.4 Å². The first-order valence-corrected chi connectivity index (χ1v) is 6.28. The predicted octanol–water partition coefficient (Wildman–Crippen LogP) is 3.41. The number of hydrogen-bond donors (Lipinski definition) is 2. The maximum atomic E-state index is 13.9. The van der Waals surface area contributed by atoms with Gasteiger partial charge in [0.05, 0.1) is 17.8 Å². The Balaban J connectivity index is 2.34. The zero-order valence-corrected chi connectivity index (χ0v) is 11.2. The van der Waals surface area contributed by atoms with Gasteiger partial charge in [0.1, 0.15) is 5.82 Å². The minimum absolute atomic E-state index is 0.0776. The normalized spacial score (nSPS) is 11.3. The first kappa shape index (κ1) is 16.0.